The number of aryl methyl sites for hydroxylation is 1. The van der Waals surface area contributed by atoms with Gasteiger partial charge < -0.3 is 18.9 Å². The first kappa shape index (κ1) is 20.7. The van der Waals surface area contributed by atoms with E-state index in [1.54, 1.807) is 6.92 Å². The fourth-order valence-corrected chi connectivity index (χ4v) is 3.28. The highest BCUT2D eigenvalue weighted by Gasteiger charge is 2.25. The summed E-state index contributed by atoms with van der Waals surface area (Å²) in [6.07, 6.45) is 0.502. The number of hydrogen-bond donors (Lipinski definition) is 1. The number of aromatic nitrogens is 1. The van der Waals surface area contributed by atoms with Gasteiger partial charge in [-0.05, 0) is 31.0 Å². The summed E-state index contributed by atoms with van der Waals surface area (Å²) in [6.45, 7) is 3.20. The number of sulfonamides is 1. The Morgan fingerprint density at radius 1 is 1.22 bits per heavy atom. The molecule has 9 nitrogen and oxygen atoms in total. The average molecular weight is 398 g/mol. The van der Waals surface area contributed by atoms with Gasteiger partial charge in [-0.25, -0.2) is 22.3 Å². The molecule has 0 aliphatic heterocycles. The van der Waals surface area contributed by atoms with E-state index in [0.29, 0.717) is 23.2 Å². The van der Waals surface area contributed by atoms with Crippen molar-refractivity contribution in [2.45, 2.75) is 32.0 Å². The quantitative estimate of drug-likeness (QED) is 0.707. The SMILES string of the molecule is CCc1[nH]c(C(=O)OCc2ccc(S(=O)(=O)N(C)C)o2)c(C)c1C(=O)OC. The molecule has 0 amide bonds. The Kier molecular flexibility index (Phi) is 6.11. The third kappa shape index (κ3) is 4.06. The van der Waals surface area contributed by atoms with Crippen molar-refractivity contribution in [3.63, 3.8) is 0 Å². The molecule has 0 saturated carbocycles. The zero-order valence-corrected chi connectivity index (χ0v) is 16.6. The molecule has 2 heterocycles. The van der Waals surface area contributed by atoms with E-state index in [2.05, 4.69) is 4.98 Å². The molecule has 0 unspecified atom stereocenters. The van der Waals surface area contributed by atoms with Gasteiger partial charge >= 0.3 is 11.9 Å². The molecule has 27 heavy (non-hydrogen) atoms. The molecule has 2 aromatic heterocycles. The highest BCUT2D eigenvalue weighted by Crippen LogP contribution is 2.22. The lowest BCUT2D eigenvalue weighted by molar-refractivity contribution is 0.0433. The molecule has 148 valence electrons. The number of H-pyrrole nitrogens is 1. The lowest BCUT2D eigenvalue weighted by Gasteiger charge is -2.07. The van der Waals surface area contributed by atoms with Crippen LogP contribution in [0.4, 0.5) is 0 Å². The normalized spacial score (nSPS) is 11.6. The van der Waals surface area contributed by atoms with E-state index in [9.17, 15) is 18.0 Å². The average Bonchev–Trinajstić information content (AvgIpc) is 3.23. The van der Waals surface area contributed by atoms with Gasteiger partial charge in [-0.2, -0.15) is 0 Å². The summed E-state index contributed by atoms with van der Waals surface area (Å²) in [6, 6.07) is 2.71. The van der Waals surface area contributed by atoms with Gasteiger partial charge in [0.1, 0.15) is 18.1 Å². The van der Waals surface area contributed by atoms with E-state index in [1.165, 1.54) is 33.3 Å². The monoisotopic (exact) mass is 398 g/mol. The number of carbonyl (C=O) groups is 2. The van der Waals surface area contributed by atoms with Crippen LogP contribution in [0.2, 0.25) is 0 Å². The maximum absolute atomic E-state index is 12.4. The van der Waals surface area contributed by atoms with Crippen molar-refractivity contribution < 1.29 is 31.9 Å². The highest BCUT2D eigenvalue weighted by molar-refractivity contribution is 7.88. The van der Waals surface area contributed by atoms with Crippen molar-refractivity contribution in [1.82, 2.24) is 9.29 Å². The zero-order valence-electron chi connectivity index (χ0n) is 15.8. The molecule has 0 aliphatic carbocycles. The van der Waals surface area contributed by atoms with E-state index in [0.717, 1.165) is 4.31 Å². The van der Waals surface area contributed by atoms with Gasteiger partial charge in [0.05, 0.1) is 12.7 Å². The molecule has 0 radical (unpaired) electrons. The summed E-state index contributed by atoms with van der Waals surface area (Å²) in [5.41, 5.74) is 1.45. The number of methoxy groups -OCH3 is 1. The number of rotatable bonds is 7. The van der Waals surface area contributed by atoms with Crippen molar-refractivity contribution in [3.05, 3.63) is 40.4 Å². The minimum atomic E-state index is -3.70. The number of ether oxygens (including phenoxy) is 2. The van der Waals surface area contributed by atoms with Gasteiger partial charge in [-0.1, -0.05) is 6.92 Å². The minimum absolute atomic E-state index is 0.139. The second kappa shape index (κ2) is 7.97. The number of carbonyl (C=O) groups excluding carboxylic acids is 2. The number of nitrogens with one attached hydrogen (secondary N) is 1. The first-order valence-corrected chi connectivity index (χ1v) is 9.55. The predicted molar refractivity (Wildman–Crippen MR) is 94.9 cm³/mol. The van der Waals surface area contributed by atoms with Crippen molar-refractivity contribution in [1.29, 1.82) is 0 Å². The minimum Gasteiger partial charge on any atom is -0.465 e. The van der Waals surface area contributed by atoms with Gasteiger partial charge in [0.15, 0.2) is 0 Å². The van der Waals surface area contributed by atoms with Crippen LogP contribution in [-0.2, 0) is 32.5 Å². The van der Waals surface area contributed by atoms with Gasteiger partial charge in [0.2, 0.25) is 5.09 Å². The summed E-state index contributed by atoms with van der Waals surface area (Å²) in [4.78, 5) is 27.2. The third-order valence-electron chi connectivity index (χ3n) is 3.99. The van der Waals surface area contributed by atoms with Gasteiger partial charge in [-0.15, -0.1) is 0 Å². The van der Waals surface area contributed by atoms with Gasteiger partial charge in [0, 0.05) is 19.8 Å². The van der Waals surface area contributed by atoms with Crippen LogP contribution in [0.25, 0.3) is 0 Å². The van der Waals surface area contributed by atoms with Crippen LogP contribution < -0.4 is 0 Å². The van der Waals surface area contributed by atoms with E-state index in [4.69, 9.17) is 13.9 Å². The summed E-state index contributed by atoms with van der Waals surface area (Å²) >= 11 is 0. The highest BCUT2D eigenvalue weighted by atomic mass is 32.2. The molecule has 0 fully saturated rings. The topological polar surface area (TPSA) is 119 Å². The molecular weight excluding hydrogens is 376 g/mol. The Morgan fingerprint density at radius 2 is 1.89 bits per heavy atom. The van der Waals surface area contributed by atoms with Crippen LogP contribution in [-0.4, -0.2) is 50.9 Å². The summed E-state index contributed by atoms with van der Waals surface area (Å²) < 4.78 is 40.2. The molecule has 2 rings (SSSR count). The van der Waals surface area contributed by atoms with Crippen molar-refractivity contribution in [2.24, 2.45) is 0 Å². The second-order valence-electron chi connectivity index (χ2n) is 5.91. The predicted octanol–water partition coefficient (Wildman–Crippen LogP) is 1.87. The standard InChI is InChI=1S/C17H22N2O7S/c1-6-12-14(16(20)24-5)10(2)15(18-12)17(21)25-9-11-7-8-13(26-11)27(22,23)19(3)4/h7-8,18H,6,9H2,1-5H3. The van der Waals surface area contributed by atoms with E-state index in [1.807, 2.05) is 6.92 Å². The Balaban J connectivity index is 2.17. The maximum atomic E-state index is 12.4. The van der Waals surface area contributed by atoms with Crippen LogP contribution in [0, 0.1) is 6.92 Å². The first-order valence-electron chi connectivity index (χ1n) is 8.11. The van der Waals surface area contributed by atoms with Crippen molar-refractivity contribution in [2.75, 3.05) is 21.2 Å². The molecule has 0 spiro atoms. The number of aromatic amines is 1. The van der Waals surface area contributed by atoms with Crippen LogP contribution >= 0.6 is 0 Å². The van der Waals surface area contributed by atoms with Crippen LogP contribution in [0.3, 0.4) is 0 Å². The third-order valence-corrected chi connectivity index (χ3v) is 5.68. The molecule has 2 aromatic rings. The Hall–Kier alpha value is -2.59. The van der Waals surface area contributed by atoms with E-state index < -0.39 is 22.0 Å². The fourth-order valence-electron chi connectivity index (χ4n) is 2.47. The maximum Gasteiger partial charge on any atom is 0.355 e. The fraction of sp³-hybridized carbons (Fsp3) is 0.412. The van der Waals surface area contributed by atoms with Crippen molar-refractivity contribution >= 4 is 22.0 Å². The summed E-state index contributed by atoms with van der Waals surface area (Å²) in [5.74, 6) is -1.05. The zero-order chi connectivity index (χ0) is 20.4. The largest absolute Gasteiger partial charge is 0.465 e. The van der Waals surface area contributed by atoms with Gasteiger partial charge in [0.25, 0.3) is 10.0 Å². The molecule has 0 aromatic carbocycles. The summed E-state index contributed by atoms with van der Waals surface area (Å²) in [7, 11) is 0.333. The van der Waals surface area contributed by atoms with Crippen LogP contribution in [0.5, 0.6) is 0 Å². The molecule has 10 heteroatoms. The molecular formula is C17H22N2O7S. The Morgan fingerprint density at radius 3 is 2.44 bits per heavy atom. The molecule has 0 aliphatic rings. The van der Waals surface area contributed by atoms with Crippen LogP contribution in [0.1, 0.15) is 44.8 Å². The van der Waals surface area contributed by atoms with Crippen LogP contribution in [0.15, 0.2) is 21.6 Å². The smallest absolute Gasteiger partial charge is 0.355 e. The molecule has 1 N–H and O–H groups in total. The number of esters is 2. The molecule has 0 bridgehead atoms. The second-order valence-corrected chi connectivity index (χ2v) is 7.99. The lowest BCUT2D eigenvalue weighted by atomic mass is 10.1. The van der Waals surface area contributed by atoms with Crippen molar-refractivity contribution in [3.8, 4) is 0 Å². The van der Waals surface area contributed by atoms with Gasteiger partial charge in [-0.3, -0.25) is 0 Å². The van der Waals surface area contributed by atoms with E-state index in [-0.39, 0.29) is 23.2 Å². The number of nitrogens with zero attached hydrogens (tertiary/aromatic N) is 1. The number of hydrogen-bond acceptors (Lipinski definition) is 7. The first-order chi connectivity index (χ1) is 12.6. The molecule has 0 saturated heterocycles. The number of furan rings is 1. The van der Waals surface area contributed by atoms with E-state index >= 15 is 0 Å². The lowest BCUT2D eigenvalue weighted by Crippen LogP contribution is -2.21. The molecule has 0 atom stereocenters. The Labute approximate surface area is 157 Å². The summed E-state index contributed by atoms with van der Waals surface area (Å²) in [5, 5.41) is -0.240. The Bertz CT molecular complexity index is 954.